The Hall–Kier alpha value is -1.58. The van der Waals surface area contributed by atoms with Crippen molar-refractivity contribution in [3.8, 4) is 11.5 Å². The lowest BCUT2D eigenvalue weighted by Crippen LogP contribution is -1.95. The second-order valence-corrected chi connectivity index (χ2v) is 3.45. The molecule has 0 saturated carbocycles. The van der Waals surface area contributed by atoms with Gasteiger partial charge in [0, 0.05) is 5.92 Å². The van der Waals surface area contributed by atoms with Gasteiger partial charge in [-0.05, 0) is 12.8 Å². The van der Waals surface area contributed by atoms with Gasteiger partial charge in [-0.2, -0.15) is 0 Å². The lowest BCUT2D eigenvalue weighted by molar-refractivity contribution is 0.431. The first-order valence-electron chi connectivity index (χ1n) is 5.19. The van der Waals surface area contributed by atoms with Crippen LogP contribution in [-0.2, 0) is 0 Å². The molecule has 0 aromatic carbocycles. The van der Waals surface area contributed by atoms with Crippen LogP contribution in [0.15, 0.2) is 27.7 Å². The van der Waals surface area contributed by atoms with E-state index in [0.717, 1.165) is 24.4 Å². The summed E-state index contributed by atoms with van der Waals surface area (Å²) < 4.78 is 10.6. The minimum atomic E-state index is 0.390. The molecule has 4 heteroatoms. The van der Waals surface area contributed by atoms with Gasteiger partial charge in [-0.1, -0.05) is 13.8 Å². The first-order chi connectivity index (χ1) is 7.35. The van der Waals surface area contributed by atoms with Crippen molar-refractivity contribution >= 4 is 0 Å². The highest BCUT2D eigenvalue weighted by Gasteiger charge is 2.15. The summed E-state index contributed by atoms with van der Waals surface area (Å²) in [5.41, 5.74) is 0.717. The van der Waals surface area contributed by atoms with Crippen molar-refractivity contribution < 1.29 is 8.83 Å². The smallest absolute Gasteiger partial charge is 0.197 e. The minimum absolute atomic E-state index is 0.390. The minimum Gasteiger partial charge on any atom is -0.448 e. The summed E-state index contributed by atoms with van der Waals surface area (Å²) >= 11 is 0. The van der Waals surface area contributed by atoms with Gasteiger partial charge in [-0.3, -0.25) is 0 Å². The summed E-state index contributed by atoms with van der Waals surface area (Å²) in [6.07, 6.45) is 6.71. The van der Waals surface area contributed by atoms with Crippen molar-refractivity contribution in [1.29, 1.82) is 0 Å². The fourth-order valence-corrected chi connectivity index (χ4v) is 1.57. The van der Waals surface area contributed by atoms with Crippen LogP contribution in [0.4, 0.5) is 0 Å². The maximum Gasteiger partial charge on any atom is 0.197 e. The molecule has 15 heavy (non-hydrogen) atoms. The summed E-state index contributed by atoms with van der Waals surface area (Å²) in [5.74, 6) is 1.82. The van der Waals surface area contributed by atoms with Crippen LogP contribution >= 0.6 is 0 Å². The first kappa shape index (κ1) is 9.96. The highest BCUT2D eigenvalue weighted by Crippen LogP contribution is 2.25. The summed E-state index contributed by atoms with van der Waals surface area (Å²) in [6, 6.07) is 0. The van der Waals surface area contributed by atoms with Crippen molar-refractivity contribution in [2.75, 3.05) is 0 Å². The van der Waals surface area contributed by atoms with Crippen LogP contribution in [0.25, 0.3) is 11.5 Å². The molecule has 0 fully saturated rings. The quantitative estimate of drug-likeness (QED) is 0.770. The van der Waals surface area contributed by atoms with Gasteiger partial charge in [0.25, 0.3) is 0 Å². The molecule has 4 nitrogen and oxygen atoms in total. The van der Waals surface area contributed by atoms with Gasteiger partial charge in [0.15, 0.2) is 18.0 Å². The van der Waals surface area contributed by atoms with E-state index in [1.807, 2.05) is 0 Å². The van der Waals surface area contributed by atoms with Gasteiger partial charge in [-0.25, -0.2) is 9.97 Å². The molecule has 2 rings (SSSR count). The van der Waals surface area contributed by atoms with Crippen LogP contribution in [0.1, 0.15) is 38.5 Å². The van der Waals surface area contributed by atoms with Crippen molar-refractivity contribution in [2.45, 2.75) is 32.6 Å². The van der Waals surface area contributed by atoms with E-state index in [1.54, 1.807) is 12.5 Å². The largest absolute Gasteiger partial charge is 0.448 e. The first-order valence-corrected chi connectivity index (χ1v) is 5.19. The third-order valence-electron chi connectivity index (χ3n) is 2.54. The highest BCUT2D eigenvalue weighted by atomic mass is 16.4. The molecule has 0 bridgehead atoms. The Morgan fingerprint density at radius 3 is 2.67 bits per heavy atom. The molecule has 0 N–H and O–H groups in total. The van der Waals surface area contributed by atoms with Gasteiger partial charge in [-0.15, -0.1) is 0 Å². The second-order valence-electron chi connectivity index (χ2n) is 3.45. The Morgan fingerprint density at radius 1 is 1.27 bits per heavy atom. The van der Waals surface area contributed by atoms with E-state index in [9.17, 15) is 0 Å². The number of oxazole rings is 2. The topological polar surface area (TPSA) is 52.1 Å². The monoisotopic (exact) mass is 206 g/mol. The molecule has 0 spiro atoms. The summed E-state index contributed by atoms with van der Waals surface area (Å²) in [7, 11) is 0. The molecule has 0 atom stereocenters. The van der Waals surface area contributed by atoms with Crippen LogP contribution in [0, 0.1) is 0 Å². The maximum atomic E-state index is 5.43. The van der Waals surface area contributed by atoms with Crippen molar-refractivity contribution in [3.05, 3.63) is 24.7 Å². The molecule has 80 valence electrons. The molecule has 0 radical (unpaired) electrons. The third-order valence-corrected chi connectivity index (χ3v) is 2.54. The van der Waals surface area contributed by atoms with Gasteiger partial charge in [0.05, 0.1) is 6.20 Å². The molecular formula is C11H14N2O2. The van der Waals surface area contributed by atoms with E-state index in [0.29, 0.717) is 11.7 Å². The lowest BCUT2D eigenvalue weighted by atomic mass is 10.0. The van der Waals surface area contributed by atoms with E-state index in [-0.39, 0.29) is 0 Å². The number of hydrogen-bond acceptors (Lipinski definition) is 4. The van der Waals surface area contributed by atoms with Crippen LogP contribution in [0.5, 0.6) is 0 Å². The molecule has 2 heterocycles. The van der Waals surface area contributed by atoms with Crippen molar-refractivity contribution in [2.24, 2.45) is 0 Å². The normalized spacial score (nSPS) is 11.1. The van der Waals surface area contributed by atoms with Crippen LogP contribution in [0.2, 0.25) is 0 Å². The molecule has 0 aliphatic rings. The standard InChI is InChI=1S/C11H14N2O2/c1-3-8(4-2)11-13-9(6-14-11)10-5-12-7-15-10/h5-8H,3-4H2,1-2H3. The van der Waals surface area contributed by atoms with Gasteiger partial charge >= 0.3 is 0 Å². The zero-order valence-electron chi connectivity index (χ0n) is 8.93. The number of rotatable bonds is 4. The van der Waals surface area contributed by atoms with Crippen molar-refractivity contribution in [1.82, 2.24) is 9.97 Å². The van der Waals surface area contributed by atoms with Gasteiger partial charge in [0.2, 0.25) is 0 Å². The van der Waals surface area contributed by atoms with E-state index < -0.39 is 0 Å². The summed E-state index contributed by atoms with van der Waals surface area (Å²) in [6.45, 7) is 4.26. The Morgan fingerprint density at radius 2 is 2.07 bits per heavy atom. The Balaban J connectivity index is 2.24. The van der Waals surface area contributed by atoms with Crippen LogP contribution in [-0.4, -0.2) is 9.97 Å². The van der Waals surface area contributed by atoms with E-state index >= 15 is 0 Å². The van der Waals surface area contributed by atoms with E-state index in [1.165, 1.54) is 6.39 Å². The van der Waals surface area contributed by atoms with Crippen LogP contribution < -0.4 is 0 Å². The molecule has 0 unspecified atom stereocenters. The zero-order chi connectivity index (χ0) is 10.7. The maximum absolute atomic E-state index is 5.43. The van der Waals surface area contributed by atoms with E-state index in [4.69, 9.17) is 8.83 Å². The predicted octanol–water partition coefficient (Wildman–Crippen LogP) is 3.23. The molecule has 0 amide bonds. The SMILES string of the molecule is CCC(CC)c1nc(-c2cnco2)co1. The summed E-state index contributed by atoms with van der Waals surface area (Å²) in [4.78, 5) is 8.24. The molecule has 0 aliphatic carbocycles. The molecular weight excluding hydrogens is 192 g/mol. The van der Waals surface area contributed by atoms with Gasteiger partial charge < -0.3 is 8.83 Å². The van der Waals surface area contributed by atoms with Crippen LogP contribution in [0.3, 0.4) is 0 Å². The zero-order valence-corrected chi connectivity index (χ0v) is 8.93. The average Bonchev–Trinajstić information content (AvgIpc) is 2.89. The predicted molar refractivity (Wildman–Crippen MR) is 55.3 cm³/mol. The van der Waals surface area contributed by atoms with Crippen molar-refractivity contribution in [3.63, 3.8) is 0 Å². The Labute approximate surface area is 88.3 Å². The Bertz CT molecular complexity index is 402. The number of nitrogens with zero attached hydrogens (tertiary/aromatic N) is 2. The number of aromatic nitrogens is 2. The third kappa shape index (κ3) is 1.93. The lowest BCUT2D eigenvalue weighted by Gasteiger charge is -2.05. The fraction of sp³-hybridized carbons (Fsp3) is 0.455. The van der Waals surface area contributed by atoms with E-state index in [2.05, 4.69) is 23.8 Å². The Kier molecular flexibility index (Phi) is 2.85. The fourth-order valence-electron chi connectivity index (χ4n) is 1.57. The molecule has 2 aromatic heterocycles. The van der Waals surface area contributed by atoms with Gasteiger partial charge in [0.1, 0.15) is 12.0 Å². The summed E-state index contributed by atoms with van der Waals surface area (Å²) in [5, 5.41) is 0. The highest BCUT2D eigenvalue weighted by molar-refractivity contribution is 5.48. The molecule has 0 saturated heterocycles. The molecule has 0 aliphatic heterocycles. The molecule has 2 aromatic rings. The average molecular weight is 206 g/mol. The number of hydrogen-bond donors (Lipinski definition) is 0. The second kappa shape index (κ2) is 4.29.